The number of hydrogen-bond donors (Lipinski definition) is 0. The molecule has 1 aliphatic rings. The molecule has 1 atom stereocenters. The van der Waals surface area contributed by atoms with Crippen LogP contribution in [0.25, 0.3) is 6.08 Å². The molecule has 0 spiro atoms. The van der Waals surface area contributed by atoms with E-state index < -0.39 is 12.0 Å². The van der Waals surface area contributed by atoms with Gasteiger partial charge in [-0.25, -0.2) is 9.79 Å². The second-order valence-corrected chi connectivity index (χ2v) is 9.32. The van der Waals surface area contributed by atoms with E-state index in [9.17, 15) is 9.59 Å². The lowest BCUT2D eigenvalue weighted by atomic mass is 9.96. The SMILES string of the molecule is CCOC(=O)C1=C(C)N=c2sc(=Cc3ccc(N(CC)CC)cc3OC)c(=O)n2[C@H]1c1ccccc1. The number of benzene rings is 2. The van der Waals surface area contributed by atoms with Crippen LogP contribution in [0.4, 0.5) is 5.69 Å². The molecule has 188 valence electrons. The van der Waals surface area contributed by atoms with Crippen molar-refractivity contribution in [2.75, 3.05) is 31.7 Å². The van der Waals surface area contributed by atoms with E-state index in [0.717, 1.165) is 29.9 Å². The zero-order valence-electron chi connectivity index (χ0n) is 21.3. The number of nitrogens with zero attached hydrogens (tertiary/aromatic N) is 3. The lowest BCUT2D eigenvalue weighted by molar-refractivity contribution is -0.139. The molecular weight excluding hydrogens is 474 g/mol. The molecule has 0 aliphatic carbocycles. The summed E-state index contributed by atoms with van der Waals surface area (Å²) in [4.78, 5) is 34.1. The maximum absolute atomic E-state index is 13.8. The first-order valence-electron chi connectivity index (χ1n) is 12.1. The van der Waals surface area contributed by atoms with Crippen molar-refractivity contribution in [1.82, 2.24) is 4.57 Å². The van der Waals surface area contributed by atoms with Gasteiger partial charge >= 0.3 is 5.97 Å². The molecule has 0 amide bonds. The number of esters is 1. The van der Waals surface area contributed by atoms with Crippen LogP contribution in [-0.2, 0) is 9.53 Å². The topological polar surface area (TPSA) is 73.1 Å². The minimum Gasteiger partial charge on any atom is -0.496 e. The number of allylic oxidation sites excluding steroid dienone is 1. The Kier molecular flexibility index (Phi) is 7.74. The van der Waals surface area contributed by atoms with E-state index in [1.807, 2.05) is 54.6 Å². The van der Waals surface area contributed by atoms with Crippen molar-refractivity contribution in [3.8, 4) is 5.75 Å². The van der Waals surface area contributed by atoms with E-state index in [1.165, 1.54) is 11.3 Å². The Morgan fingerprint density at radius 2 is 1.86 bits per heavy atom. The Hall–Kier alpha value is -3.65. The van der Waals surface area contributed by atoms with E-state index >= 15 is 0 Å². The van der Waals surface area contributed by atoms with Crippen molar-refractivity contribution >= 4 is 29.1 Å². The molecule has 0 fully saturated rings. The van der Waals surface area contributed by atoms with Gasteiger partial charge in [-0.15, -0.1) is 0 Å². The fraction of sp³-hybridized carbons (Fsp3) is 0.321. The minimum absolute atomic E-state index is 0.211. The lowest BCUT2D eigenvalue weighted by Crippen LogP contribution is -2.39. The third-order valence-corrected chi connectivity index (χ3v) is 7.25. The highest BCUT2D eigenvalue weighted by Crippen LogP contribution is 2.31. The summed E-state index contributed by atoms with van der Waals surface area (Å²) in [6.07, 6.45) is 1.83. The Labute approximate surface area is 214 Å². The molecule has 2 aromatic carbocycles. The van der Waals surface area contributed by atoms with Crippen LogP contribution in [0.2, 0.25) is 0 Å². The van der Waals surface area contributed by atoms with Gasteiger partial charge in [-0.1, -0.05) is 41.7 Å². The van der Waals surface area contributed by atoms with Gasteiger partial charge in [0.25, 0.3) is 5.56 Å². The average molecular weight is 506 g/mol. The zero-order valence-corrected chi connectivity index (χ0v) is 22.1. The summed E-state index contributed by atoms with van der Waals surface area (Å²) in [7, 11) is 1.63. The first-order valence-corrected chi connectivity index (χ1v) is 12.9. The number of anilines is 1. The van der Waals surface area contributed by atoms with Gasteiger partial charge in [0.1, 0.15) is 5.75 Å². The van der Waals surface area contributed by atoms with E-state index in [0.29, 0.717) is 26.4 Å². The third-order valence-electron chi connectivity index (χ3n) is 6.26. The number of thiazole rings is 1. The highest BCUT2D eigenvalue weighted by molar-refractivity contribution is 7.07. The summed E-state index contributed by atoms with van der Waals surface area (Å²) in [6.45, 7) is 9.79. The van der Waals surface area contributed by atoms with Gasteiger partial charge in [0.15, 0.2) is 4.80 Å². The summed E-state index contributed by atoms with van der Waals surface area (Å²) in [6, 6.07) is 14.9. The second kappa shape index (κ2) is 11.0. The molecule has 2 heterocycles. The van der Waals surface area contributed by atoms with Crippen LogP contribution in [0.3, 0.4) is 0 Å². The molecule has 0 N–H and O–H groups in total. The highest BCUT2D eigenvalue weighted by Gasteiger charge is 2.33. The van der Waals surface area contributed by atoms with Crippen LogP contribution in [0.15, 0.2) is 69.6 Å². The summed E-state index contributed by atoms with van der Waals surface area (Å²) in [5.41, 5.74) is 3.41. The van der Waals surface area contributed by atoms with Crippen molar-refractivity contribution in [2.45, 2.75) is 33.7 Å². The van der Waals surface area contributed by atoms with Crippen LogP contribution in [0, 0.1) is 0 Å². The molecule has 0 saturated carbocycles. The van der Waals surface area contributed by atoms with E-state index in [-0.39, 0.29) is 12.2 Å². The zero-order chi connectivity index (χ0) is 25.8. The molecule has 0 saturated heterocycles. The number of methoxy groups -OCH3 is 1. The number of hydrogen-bond acceptors (Lipinski definition) is 7. The van der Waals surface area contributed by atoms with Crippen LogP contribution in [0.1, 0.15) is 44.9 Å². The first kappa shape index (κ1) is 25.4. The van der Waals surface area contributed by atoms with Crippen LogP contribution < -0.4 is 24.5 Å². The van der Waals surface area contributed by atoms with Crippen LogP contribution >= 0.6 is 11.3 Å². The second-order valence-electron chi connectivity index (χ2n) is 8.31. The van der Waals surface area contributed by atoms with Gasteiger partial charge < -0.3 is 14.4 Å². The number of fused-ring (bicyclic) bond motifs is 1. The van der Waals surface area contributed by atoms with Gasteiger partial charge in [-0.05, 0) is 51.5 Å². The maximum Gasteiger partial charge on any atom is 0.338 e. The number of aromatic nitrogens is 1. The molecule has 3 aromatic rings. The minimum atomic E-state index is -0.615. The maximum atomic E-state index is 13.8. The molecule has 8 heteroatoms. The summed E-state index contributed by atoms with van der Waals surface area (Å²) >= 11 is 1.30. The van der Waals surface area contributed by atoms with Crippen molar-refractivity contribution in [1.29, 1.82) is 0 Å². The van der Waals surface area contributed by atoms with E-state index in [1.54, 1.807) is 25.5 Å². The number of carbonyl (C=O) groups excluding carboxylic acids is 1. The quantitative estimate of drug-likeness (QED) is 0.437. The van der Waals surface area contributed by atoms with Crippen molar-refractivity contribution in [3.05, 3.63) is 90.6 Å². The summed E-state index contributed by atoms with van der Waals surface area (Å²) in [5, 5.41) is 0. The smallest absolute Gasteiger partial charge is 0.338 e. The fourth-order valence-electron chi connectivity index (χ4n) is 4.49. The Balaban J connectivity index is 1.89. The third kappa shape index (κ3) is 4.73. The van der Waals surface area contributed by atoms with Gasteiger partial charge in [0.2, 0.25) is 0 Å². The first-order chi connectivity index (χ1) is 17.4. The van der Waals surface area contributed by atoms with Crippen LogP contribution in [-0.4, -0.2) is 37.3 Å². The predicted molar refractivity (Wildman–Crippen MR) is 143 cm³/mol. The number of ether oxygens (including phenoxy) is 2. The van der Waals surface area contributed by atoms with Crippen molar-refractivity contribution < 1.29 is 14.3 Å². The molecule has 4 rings (SSSR count). The molecular formula is C28H31N3O4S. The van der Waals surface area contributed by atoms with E-state index in [4.69, 9.17) is 9.47 Å². The average Bonchev–Trinajstić information content (AvgIpc) is 3.19. The van der Waals surface area contributed by atoms with Crippen molar-refractivity contribution in [2.24, 2.45) is 4.99 Å². The molecule has 7 nitrogen and oxygen atoms in total. The fourth-order valence-corrected chi connectivity index (χ4v) is 5.53. The van der Waals surface area contributed by atoms with Gasteiger partial charge in [-0.3, -0.25) is 9.36 Å². The number of rotatable bonds is 8. The molecule has 0 bridgehead atoms. The molecule has 0 unspecified atom stereocenters. The largest absolute Gasteiger partial charge is 0.496 e. The van der Waals surface area contributed by atoms with Crippen LogP contribution in [0.5, 0.6) is 5.75 Å². The Bertz CT molecular complexity index is 1470. The summed E-state index contributed by atoms with van der Waals surface area (Å²) < 4.78 is 13.1. The standard InChI is InChI=1S/C28H31N3O4S/c1-6-30(7-2)21-15-14-20(22(17-21)34-5)16-23-26(32)31-25(19-12-10-9-11-13-19)24(27(33)35-8-3)18(4)29-28(31)36-23/h9-17,25H,6-8H2,1-5H3/t25-/m0/s1. The van der Waals surface area contributed by atoms with E-state index in [2.05, 4.69) is 23.7 Å². The molecule has 0 radical (unpaired) electrons. The van der Waals surface area contributed by atoms with Gasteiger partial charge in [0, 0.05) is 30.4 Å². The highest BCUT2D eigenvalue weighted by atomic mass is 32.1. The van der Waals surface area contributed by atoms with Gasteiger partial charge in [0.05, 0.1) is 35.6 Å². The van der Waals surface area contributed by atoms with Gasteiger partial charge in [-0.2, -0.15) is 0 Å². The predicted octanol–water partition coefficient (Wildman–Crippen LogP) is 3.65. The molecule has 36 heavy (non-hydrogen) atoms. The lowest BCUT2D eigenvalue weighted by Gasteiger charge is -2.24. The number of carbonyl (C=O) groups is 1. The van der Waals surface area contributed by atoms with Crippen molar-refractivity contribution in [3.63, 3.8) is 0 Å². The summed E-state index contributed by atoms with van der Waals surface area (Å²) in [5.74, 6) is 0.226. The molecule has 1 aliphatic heterocycles. The monoisotopic (exact) mass is 505 g/mol. The Morgan fingerprint density at radius 3 is 2.50 bits per heavy atom. The Morgan fingerprint density at radius 1 is 1.14 bits per heavy atom. The normalized spacial score (nSPS) is 15.4. The molecule has 1 aromatic heterocycles.